The predicted molar refractivity (Wildman–Crippen MR) is 66.0 cm³/mol. The molecule has 0 unspecified atom stereocenters. The lowest BCUT2D eigenvalue weighted by Crippen LogP contribution is -2.36. The van der Waals surface area contributed by atoms with Crippen molar-refractivity contribution in [2.24, 2.45) is 0 Å². The van der Waals surface area contributed by atoms with E-state index in [2.05, 4.69) is 0 Å². The lowest BCUT2D eigenvalue weighted by Gasteiger charge is -2.23. The summed E-state index contributed by atoms with van der Waals surface area (Å²) >= 11 is 5.74. The quantitative estimate of drug-likeness (QED) is 0.708. The maximum Gasteiger partial charge on any atom is 0.401 e. The van der Waals surface area contributed by atoms with Crippen LogP contribution in [0.2, 0.25) is 5.02 Å². The molecule has 0 aliphatic carbocycles. The van der Waals surface area contributed by atoms with Crippen LogP contribution < -0.4 is 0 Å². The van der Waals surface area contributed by atoms with Crippen molar-refractivity contribution in [3.63, 3.8) is 0 Å². The van der Waals surface area contributed by atoms with E-state index in [1.807, 2.05) is 0 Å². The molecule has 0 spiro atoms. The Morgan fingerprint density at radius 3 is 2.68 bits per heavy atom. The fraction of sp³-hybridized carbons (Fsp3) is 0.538. The summed E-state index contributed by atoms with van der Waals surface area (Å²) in [6.07, 6.45) is -3.82. The van der Waals surface area contributed by atoms with Crippen molar-refractivity contribution in [2.45, 2.75) is 25.4 Å². The van der Waals surface area contributed by atoms with Crippen LogP contribution in [0.15, 0.2) is 12.1 Å². The normalized spacial score (nSPS) is 21.1. The van der Waals surface area contributed by atoms with Crippen LogP contribution in [-0.4, -0.2) is 30.7 Å². The Bertz CT molecular complexity index is 472. The standard InChI is InChI=1S/C13H14ClF4N/c1-8-6-19(7-13(16,17)18)5-4-9-2-3-10(14)12(15)11(8)9/h2-3,8H,4-7H2,1H3/t8-/m1/s1. The summed E-state index contributed by atoms with van der Waals surface area (Å²) in [6.45, 7) is 1.23. The summed E-state index contributed by atoms with van der Waals surface area (Å²) in [4.78, 5) is 1.32. The molecule has 1 aliphatic rings. The fourth-order valence-corrected chi connectivity index (χ4v) is 2.77. The van der Waals surface area contributed by atoms with E-state index in [0.29, 0.717) is 12.0 Å². The predicted octanol–water partition coefficient (Wildman–Crippen LogP) is 4.00. The highest BCUT2D eigenvalue weighted by molar-refractivity contribution is 6.30. The number of nitrogens with zero attached hydrogens (tertiary/aromatic N) is 1. The number of hydrogen-bond acceptors (Lipinski definition) is 1. The molecule has 1 nitrogen and oxygen atoms in total. The molecule has 0 saturated carbocycles. The molecule has 1 aromatic rings. The monoisotopic (exact) mass is 295 g/mol. The molecule has 19 heavy (non-hydrogen) atoms. The van der Waals surface area contributed by atoms with Crippen LogP contribution in [0.4, 0.5) is 17.6 Å². The molecule has 0 aromatic heterocycles. The first-order valence-corrected chi connectivity index (χ1v) is 6.41. The number of benzene rings is 1. The molecule has 0 fully saturated rings. The van der Waals surface area contributed by atoms with Crippen molar-refractivity contribution in [3.05, 3.63) is 34.1 Å². The van der Waals surface area contributed by atoms with E-state index in [9.17, 15) is 17.6 Å². The third-order valence-electron chi connectivity index (χ3n) is 3.35. The van der Waals surface area contributed by atoms with Crippen molar-refractivity contribution < 1.29 is 17.6 Å². The Labute approximate surface area is 114 Å². The van der Waals surface area contributed by atoms with Crippen LogP contribution in [0, 0.1) is 5.82 Å². The van der Waals surface area contributed by atoms with Crippen LogP contribution >= 0.6 is 11.6 Å². The minimum absolute atomic E-state index is 0.0230. The van der Waals surface area contributed by atoms with E-state index >= 15 is 0 Å². The number of hydrogen-bond donors (Lipinski definition) is 0. The van der Waals surface area contributed by atoms with Gasteiger partial charge in [0, 0.05) is 13.1 Å². The van der Waals surface area contributed by atoms with Gasteiger partial charge in [0.25, 0.3) is 0 Å². The summed E-state index contributed by atoms with van der Waals surface area (Å²) in [6, 6.07) is 3.16. The molecule has 2 rings (SSSR count). The summed E-state index contributed by atoms with van der Waals surface area (Å²) < 4.78 is 51.3. The van der Waals surface area contributed by atoms with Crippen LogP contribution in [0.5, 0.6) is 0 Å². The number of rotatable bonds is 1. The Morgan fingerprint density at radius 2 is 2.05 bits per heavy atom. The van der Waals surface area contributed by atoms with E-state index in [0.717, 1.165) is 5.56 Å². The van der Waals surface area contributed by atoms with E-state index in [1.165, 1.54) is 11.0 Å². The third kappa shape index (κ3) is 3.39. The van der Waals surface area contributed by atoms with Crippen molar-refractivity contribution in [3.8, 4) is 0 Å². The van der Waals surface area contributed by atoms with E-state index in [4.69, 9.17) is 11.6 Å². The zero-order valence-corrected chi connectivity index (χ0v) is 11.2. The van der Waals surface area contributed by atoms with Gasteiger partial charge in [-0.3, -0.25) is 4.90 Å². The van der Waals surface area contributed by atoms with Crippen molar-refractivity contribution in [2.75, 3.05) is 19.6 Å². The molecule has 0 saturated heterocycles. The minimum Gasteiger partial charge on any atom is -0.294 e. The van der Waals surface area contributed by atoms with Crippen molar-refractivity contribution >= 4 is 11.6 Å². The van der Waals surface area contributed by atoms with Crippen LogP contribution in [-0.2, 0) is 6.42 Å². The van der Waals surface area contributed by atoms with Gasteiger partial charge >= 0.3 is 6.18 Å². The average molecular weight is 296 g/mol. The maximum absolute atomic E-state index is 14.0. The zero-order valence-electron chi connectivity index (χ0n) is 10.4. The van der Waals surface area contributed by atoms with Gasteiger partial charge in [-0.05, 0) is 29.5 Å². The Kier molecular flexibility index (Phi) is 4.06. The number of halogens is 5. The first-order valence-electron chi connectivity index (χ1n) is 6.04. The molecule has 1 atom stereocenters. The van der Waals surface area contributed by atoms with Gasteiger partial charge in [-0.2, -0.15) is 13.2 Å². The molecular formula is C13H14ClF4N. The van der Waals surface area contributed by atoms with Gasteiger partial charge in [-0.25, -0.2) is 4.39 Å². The molecule has 0 radical (unpaired) electrons. The summed E-state index contributed by atoms with van der Waals surface area (Å²) in [5.74, 6) is -0.806. The highest BCUT2D eigenvalue weighted by atomic mass is 35.5. The van der Waals surface area contributed by atoms with E-state index in [-0.39, 0.29) is 24.0 Å². The van der Waals surface area contributed by atoms with Crippen molar-refractivity contribution in [1.82, 2.24) is 4.90 Å². The van der Waals surface area contributed by atoms with Crippen LogP contribution in [0.25, 0.3) is 0 Å². The second-order valence-electron chi connectivity index (χ2n) is 4.94. The van der Waals surface area contributed by atoms with Gasteiger partial charge in [0.15, 0.2) is 0 Å². The SMILES string of the molecule is C[C@@H]1CN(CC(F)(F)F)CCc2ccc(Cl)c(F)c21. The van der Waals surface area contributed by atoms with Gasteiger partial charge in [0.05, 0.1) is 11.6 Å². The maximum atomic E-state index is 14.0. The Hall–Kier alpha value is -0.810. The topological polar surface area (TPSA) is 3.24 Å². The first kappa shape index (κ1) is 14.6. The molecule has 6 heteroatoms. The third-order valence-corrected chi connectivity index (χ3v) is 3.64. The second-order valence-corrected chi connectivity index (χ2v) is 5.34. The van der Waals surface area contributed by atoms with Crippen LogP contribution in [0.1, 0.15) is 24.0 Å². The van der Waals surface area contributed by atoms with Crippen LogP contribution in [0.3, 0.4) is 0 Å². The summed E-state index contributed by atoms with van der Waals surface area (Å²) in [5.41, 5.74) is 1.20. The molecule has 0 amide bonds. The van der Waals surface area contributed by atoms with Gasteiger partial charge in [-0.15, -0.1) is 0 Å². The summed E-state index contributed by atoms with van der Waals surface area (Å²) in [7, 11) is 0. The van der Waals surface area contributed by atoms with Gasteiger partial charge in [-0.1, -0.05) is 24.6 Å². The van der Waals surface area contributed by atoms with Crippen molar-refractivity contribution in [1.29, 1.82) is 0 Å². The molecule has 0 bridgehead atoms. The molecule has 1 aliphatic heterocycles. The molecule has 1 aromatic carbocycles. The highest BCUT2D eigenvalue weighted by Crippen LogP contribution is 2.32. The molecular weight excluding hydrogens is 282 g/mol. The largest absolute Gasteiger partial charge is 0.401 e. The lowest BCUT2D eigenvalue weighted by atomic mass is 9.95. The average Bonchev–Trinajstić information content (AvgIpc) is 2.42. The van der Waals surface area contributed by atoms with Gasteiger partial charge in [0.2, 0.25) is 0 Å². The Balaban J connectivity index is 2.25. The molecule has 1 heterocycles. The first-order chi connectivity index (χ1) is 8.78. The second kappa shape index (κ2) is 5.29. The zero-order chi connectivity index (χ0) is 14.2. The number of alkyl halides is 3. The lowest BCUT2D eigenvalue weighted by molar-refractivity contribution is -0.146. The fourth-order valence-electron chi connectivity index (χ4n) is 2.60. The smallest absolute Gasteiger partial charge is 0.294 e. The van der Waals surface area contributed by atoms with Gasteiger partial charge < -0.3 is 0 Å². The van der Waals surface area contributed by atoms with E-state index < -0.39 is 18.5 Å². The molecule has 0 N–H and O–H groups in total. The Morgan fingerprint density at radius 1 is 1.37 bits per heavy atom. The minimum atomic E-state index is -4.23. The van der Waals surface area contributed by atoms with E-state index in [1.54, 1.807) is 13.0 Å². The molecule has 106 valence electrons. The van der Waals surface area contributed by atoms with Gasteiger partial charge in [0.1, 0.15) is 5.82 Å². The summed E-state index contributed by atoms with van der Waals surface area (Å²) in [5, 5.41) is 0.0230. The highest BCUT2D eigenvalue weighted by Gasteiger charge is 2.33. The number of fused-ring (bicyclic) bond motifs is 1.